The average Bonchev–Trinajstić information content (AvgIpc) is 2.88. The van der Waals surface area contributed by atoms with E-state index in [2.05, 4.69) is 14.8 Å². The highest BCUT2D eigenvalue weighted by molar-refractivity contribution is 5.92. The summed E-state index contributed by atoms with van der Waals surface area (Å²) in [6.07, 6.45) is -2.40. The van der Waals surface area contributed by atoms with E-state index >= 15 is 0 Å². The van der Waals surface area contributed by atoms with Crippen molar-refractivity contribution < 1.29 is 32.6 Å². The first-order valence-corrected chi connectivity index (χ1v) is 8.45. The van der Waals surface area contributed by atoms with Gasteiger partial charge in [0.15, 0.2) is 11.5 Å². The Balaban J connectivity index is 1.48. The second-order valence-corrected chi connectivity index (χ2v) is 6.18. The van der Waals surface area contributed by atoms with E-state index in [1.807, 2.05) is 4.90 Å². The Morgan fingerprint density at radius 3 is 2.65 bits per heavy atom. The van der Waals surface area contributed by atoms with Crippen LogP contribution in [-0.4, -0.2) is 49.3 Å². The summed E-state index contributed by atoms with van der Waals surface area (Å²) in [4.78, 5) is 25.8. The maximum Gasteiger partial charge on any atom is 0.586 e. The number of carbonyl (C=O) groups excluding carboxylic acids is 2. The van der Waals surface area contributed by atoms with Gasteiger partial charge in [-0.1, -0.05) is 0 Å². The molecule has 3 rings (SSSR count). The van der Waals surface area contributed by atoms with Gasteiger partial charge in [0, 0.05) is 11.8 Å². The van der Waals surface area contributed by atoms with Gasteiger partial charge < -0.3 is 19.5 Å². The Morgan fingerprint density at radius 2 is 1.96 bits per heavy atom. The number of benzene rings is 1. The molecule has 1 amide bonds. The molecule has 9 heteroatoms. The van der Waals surface area contributed by atoms with Crippen molar-refractivity contribution in [3.63, 3.8) is 0 Å². The van der Waals surface area contributed by atoms with Gasteiger partial charge in [-0.05, 0) is 45.0 Å². The first kappa shape index (κ1) is 18.4. The van der Waals surface area contributed by atoms with Gasteiger partial charge in [-0.3, -0.25) is 14.5 Å². The fourth-order valence-electron chi connectivity index (χ4n) is 3.02. The Labute approximate surface area is 149 Å². The van der Waals surface area contributed by atoms with Crippen molar-refractivity contribution in [2.45, 2.75) is 26.1 Å². The summed E-state index contributed by atoms with van der Waals surface area (Å²) < 4.78 is 39.7. The third kappa shape index (κ3) is 4.40. The van der Waals surface area contributed by atoms with E-state index in [0.29, 0.717) is 38.2 Å². The fourth-order valence-corrected chi connectivity index (χ4v) is 3.02. The number of ether oxygens (including phenoxy) is 3. The molecule has 1 fully saturated rings. The second kappa shape index (κ2) is 7.45. The molecule has 142 valence electrons. The molecule has 2 aliphatic heterocycles. The third-order valence-electron chi connectivity index (χ3n) is 4.26. The van der Waals surface area contributed by atoms with E-state index in [0.717, 1.165) is 0 Å². The number of rotatable bonds is 5. The van der Waals surface area contributed by atoms with Gasteiger partial charge in [0.05, 0.1) is 19.1 Å². The van der Waals surface area contributed by atoms with E-state index in [9.17, 15) is 18.4 Å². The predicted octanol–water partition coefficient (Wildman–Crippen LogP) is 2.22. The number of piperidine rings is 1. The standard InChI is InChI=1S/C17H20F2N2O5/c1-2-24-16(23)11-5-7-21(8-6-11)10-15(22)20-12-3-4-13-14(9-12)26-17(18,19)25-13/h3-4,9,11H,2,5-8,10H2,1H3,(H,20,22). The van der Waals surface area contributed by atoms with Crippen LogP contribution in [0.2, 0.25) is 0 Å². The van der Waals surface area contributed by atoms with Crippen LogP contribution in [0.3, 0.4) is 0 Å². The van der Waals surface area contributed by atoms with Crippen LogP contribution in [0.5, 0.6) is 11.5 Å². The summed E-state index contributed by atoms with van der Waals surface area (Å²) >= 11 is 0. The van der Waals surface area contributed by atoms with E-state index < -0.39 is 6.29 Å². The van der Waals surface area contributed by atoms with E-state index in [-0.39, 0.29) is 35.8 Å². The molecular formula is C17H20F2N2O5. The fraction of sp³-hybridized carbons (Fsp3) is 0.529. The summed E-state index contributed by atoms with van der Waals surface area (Å²) in [6.45, 7) is 3.52. The smallest absolute Gasteiger partial charge is 0.466 e. The number of hydrogen-bond acceptors (Lipinski definition) is 6. The topological polar surface area (TPSA) is 77.1 Å². The van der Waals surface area contributed by atoms with Crippen molar-refractivity contribution in [3.8, 4) is 11.5 Å². The van der Waals surface area contributed by atoms with Gasteiger partial charge in [0.25, 0.3) is 0 Å². The molecule has 26 heavy (non-hydrogen) atoms. The van der Waals surface area contributed by atoms with E-state index in [1.165, 1.54) is 18.2 Å². The zero-order valence-electron chi connectivity index (χ0n) is 14.3. The summed E-state index contributed by atoms with van der Waals surface area (Å²) in [6, 6.07) is 4.08. The molecule has 0 unspecified atom stereocenters. The van der Waals surface area contributed by atoms with Crippen molar-refractivity contribution in [2.75, 3.05) is 31.6 Å². The number of carbonyl (C=O) groups is 2. The lowest BCUT2D eigenvalue weighted by atomic mass is 9.97. The van der Waals surface area contributed by atoms with Crippen LogP contribution in [0.25, 0.3) is 0 Å². The number of fused-ring (bicyclic) bond motifs is 1. The van der Waals surface area contributed by atoms with Crippen LogP contribution >= 0.6 is 0 Å². The molecule has 0 aliphatic carbocycles. The Hall–Kier alpha value is -2.42. The van der Waals surface area contributed by atoms with Crippen molar-refractivity contribution in [1.82, 2.24) is 4.90 Å². The molecule has 2 heterocycles. The van der Waals surface area contributed by atoms with Crippen LogP contribution in [0.4, 0.5) is 14.5 Å². The van der Waals surface area contributed by atoms with Crippen molar-refractivity contribution in [1.29, 1.82) is 0 Å². The van der Waals surface area contributed by atoms with Gasteiger partial charge in [0.2, 0.25) is 5.91 Å². The second-order valence-electron chi connectivity index (χ2n) is 6.18. The van der Waals surface area contributed by atoms with Gasteiger partial charge in [-0.25, -0.2) is 0 Å². The first-order chi connectivity index (χ1) is 12.4. The van der Waals surface area contributed by atoms with E-state index in [4.69, 9.17) is 4.74 Å². The quantitative estimate of drug-likeness (QED) is 0.801. The Kier molecular flexibility index (Phi) is 5.26. The zero-order valence-corrected chi connectivity index (χ0v) is 14.3. The van der Waals surface area contributed by atoms with Crippen molar-refractivity contribution in [2.24, 2.45) is 5.92 Å². The van der Waals surface area contributed by atoms with Crippen LogP contribution in [-0.2, 0) is 14.3 Å². The number of hydrogen-bond donors (Lipinski definition) is 1. The highest BCUT2D eigenvalue weighted by atomic mass is 19.3. The predicted molar refractivity (Wildman–Crippen MR) is 87.1 cm³/mol. The molecule has 0 bridgehead atoms. The maximum atomic E-state index is 13.0. The largest absolute Gasteiger partial charge is 0.586 e. The average molecular weight is 370 g/mol. The first-order valence-electron chi connectivity index (χ1n) is 8.45. The molecule has 7 nitrogen and oxygen atoms in total. The number of halogens is 2. The van der Waals surface area contributed by atoms with Gasteiger partial charge in [0.1, 0.15) is 0 Å². The van der Waals surface area contributed by atoms with Crippen molar-refractivity contribution >= 4 is 17.6 Å². The SMILES string of the molecule is CCOC(=O)C1CCN(CC(=O)Nc2ccc3c(c2)OC(F)(F)O3)CC1. The van der Waals surface area contributed by atoms with Crippen LogP contribution < -0.4 is 14.8 Å². The van der Waals surface area contributed by atoms with E-state index in [1.54, 1.807) is 6.92 Å². The molecule has 0 atom stereocenters. The number of esters is 1. The lowest BCUT2D eigenvalue weighted by Crippen LogP contribution is -2.41. The van der Waals surface area contributed by atoms with Crippen LogP contribution in [0.1, 0.15) is 19.8 Å². The molecule has 0 spiro atoms. The number of amides is 1. The molecule has 2 aliphatic rings. The third-order valence-corrected chi connectivity index (χ3v) is 4.26. The number of anilines is 1. The molecule has 1 aromatic rings. The zero-order chi connectivity index (χ0) is 18.7. The lowest BCUT2D eigenvalue weighted by Gasteiger charge is -2.30. The molecule has 0 aromatic heterocycles. The van der Waals surface area contributed by atoms with Gasteiger partial charge in [-0.15, -0.1) is 8.78 Å². The molecule has 0 saturated carbocycles. The molecule has 1 aromatic carbocycles. The highest BCUT2D eigenvalue weighted by Crippen LogP contribution is 2.42. The summed E-state index contributed by atoms with van der Waals surface area (Å²) in [5, 5.41) is 2.65. The molecule has 0 radical (unpaired) electrons. The number of likely N-dealkylation sites (tertiary alicyclic amines) is 1. The van der Waals surface area contributed by atoms with Gasteiger partial charge >= 0.3 is 12.3 Å². The maximum absolute atomic E-state index is 13.0. The minimum Gasteiger partial charge on any atom is -0.466 e. The number of nitrogens with one attached hydrogen (secondary N) is 1. The normalized spacial score (nSPS) is 19.2. The summed E-state index contributed by atoms with van der Waals surface area (Å²) in [5.41, 5.74) is 0.344. The lowest BCUT2D eigenvalue weighted by molar-refractivity contribution is -0.286. The monoisotopic (exact) mass is 370 g/mol. The minimum atomic E-state index is -3.69. The molecule has 1 N–H and O–H groups in total. The minimum absolute atomic E-state index is 0.0750. The number of alkyl halides is 2. The van der Waals surface area contributed by atoms with Crippen LogP contribution in [0.15, 0.2) is 18.2 Å². The van der Waals surface area contributed by atoms with Crippen molar-refractivity contribution in [3.05, 3.63) is 18.2 Å². The van der Waals surface area contributed by atoms with Crippen LogP contribution in [0, 0.1) is 5.92 Å². The molecular weight excluding hydrogens is 350 g/mol. The molecule has 1 saturated heterocycles. The number of nitrogens with zero attached hydrogens (tertiary/aromatic N) is 1. The Morgan fingerprint density at radius 1 is 1.27 bits per heavy atom. The summed E-state index contributed by atoms with van der Waals surface area (Å²) in [5.74, 6) is -0.777. The van der Waals surface area contributed by atoms with Gasteiger partial charge in [-0.2, -0.15) is 0 Å². The summed E-state index contributed by atoms with van der Waals surface area (Å²) in [7, 11) is 0. The Bertz CT molecular complexity index is 690. The highest BCUT2D eigenvalue weighted by Gasteiger charge is 2.43.